The minimum absolute atomic E-state index is 0.257. The molecule has 2 aromatic carbocycles. The summed E-state index contributed by atoms with van der Waals surface area (Å²) in [6.07, 6.45) is 0. The second-order valence-corrected chi connectivity index (χ2v) is 6.51. The van der Waals surface area contributed by atoms with E-state index in [1.807, 2.05) is 32.0 Å². The molecule has 0 amide bonds. The SMILES string of the molecule is Cc1cccc(Cn2nc(C)c3ccc(C(F)(F)c4nn[nH]n4)cc32)c1C#N. The van der Waals surface area contributed by atoms with Crippen molar-refractivity contribution in [3.05, 3.63) is 70.2 Å². The molecule has 0 atom stereocenters. The highest BCUT2D eigenvalue weighted by molar-refractivity contribution is 5.83. The zero-order valence-electron chi connectivity index (χ0n) is 15.1. The van der Waals surface area contributed by atoms with Crippen molar-refractivity contribution in [1.82, 2.24) is 30.4 Å². The number of aromatic amines is 1. The van der Waals surface area contributed by atoms with Gasteiger partial charge in [-0.25, -0.2) is 0 Å². The first-order valence-corrected chi connectivity index (χ1v) is 8.50. The molecule has 0 aliphatic carbocycles. The number of hydrogen-bond donors (Lipinski definition) is 1. The van der Waals surface area contributed by atoms with Crippen molar-refractivity contribution >= 4 is 10.9 Å². The topological polar surface area (TPSA) is 96.1 Å². The van der Waals surface area contributed by atoms with Gasteiger partial charge in [-0.2, -0.15) is 24.4 Å². The number of benzene rings is 2. The lowest BCUT2D eigenvalue weighted by molar-refractivity contribution is 0.0330. The van der Waals surface area contributed by atoms with E-state index in [9.17, 15) is 14.0 Å². The van der Waals surface area contributed by atoms with Gasteiger partial charge in [-0.05, 0) is 36.3 Å². The Kier molecular flexibility index (Phi) is 4.11. The predicted octanol–water partition coefficient (Wildman–Crippen LogP) is 3.23. The van der Waals surface area contributed by atoms with Gasteiger partial charge < -0.3 is 0 Å². The van der Waals surface area contributed by atoms with Crippen LogP contribution in [0.1, 0.15) is 33.8 Å². The van der Waals surface area contributed by atoms with Gasteiger partial charge >= 0.3 is 5.92 Å². The Balaban J connectivity index is 1.83. The standard InChI is InChI=1S/C19H15F2N7/c1-11-4-3-5-13(16(11)9-22)10-28-17-8-14(6-7-15(17)12(2)25-28)19(20,21)18-23-26-27-24-18/h3-8H,10H2,1-2H3,(H,23,24,26,27). The first-order chi connectivity index (χ1) is 13.4. The summed E-state index contributed by atoms with van der Waals surface area (Å²) in [4.78, 5) is 0. The molecule has 28 heavy (non-hydrogen) atoms. The summed E-state index contributed by atoms with van der Waals surface area (Å²) in [6, 6.07) is 12.1. The molecular formula is C19H15F2N7. The second-order valence-electron chi connectivity index (χ2n) is 6.51. The van der Waals surface area contributed by atoms with Gasteiger partial charge in [0, 0.05) is 10.9 Å². The molecule has 0 bridgehead atoms. The van der Waals surface area contributed by atoms with Gasteiger partial charge in [-0.3, -0.25) is 4.68 Å². The van der Waals surface area contributed by atoms with Crippen LogP contribution in [0, 0.1) is 25.2 Å². The summed E-state index contributed by atoms with van der Waals surface area (Å²) >= 11 is 0. The van der Waals surface area contributed by atoms with E-state index in [4.69, 9.17) is 0 Å². The Morgan fingerprint density at radius 1 is 1.21 bits per heavy atom. The Bertz CT molecular complexity index is 1200. The van der Waals surface area contributed by atoms with Gasteiger partial charge in [0.25, 0.3) is 0 Å². The van der Waals surface area contributed by atoms with Gasteiger partial charge in [-0.15, -0.1) is 10.2 Å². The zero-order chi connectivity index (χ0) is 19.9. The summed E-state index contributed by atoms with van der Waals surface area (Å²) in [6.45, 7) is 3.97. The fourth-order valence-corrected chi connectivity index (χ4v) is 3.26. The van der Waals surface area contributed by atoms with E-state index < -0.39 is 11.7 Å². The molecule has 0 saturated heterocycles. The number of aryl methyl sites for hydroxylation is 2. The van der Waals surface area contributed by atoms with E-state index in [0.717, 1.165) is 22.2 Å². The molecule has 0 radical (unpaired) electrons. The fraction of sp³-hybridized carbons (Fsp3) is 0.211. The third-order valence-electron chi connectivity index (χ3n) is 4.72. The van der Waals surface area contributed by atoms with E-state index in [2.05, 4.69) is 31.8 Å². The highest BCUT2D eigenvalue weighted by Gasteiger charge is 2.39. The van der Waals surface area contributed by atoms with E-state index in [1.54, 1.807) is 10.7 Å². The fourth-order valence-electron chi connectivity index (χ4n) is 3.26. The third kappa shape index (κ3) is 2.79. The molecule has 0 spiro atoms. The number of rotatable bonds is 4. The Morgan fingerprint density at radius 2 is 2.04 bits per heavy atom. The first-order valence-electron chi connectivity index (χ1n) is 8.50. The molecule has 9 heteroatoms. The molecule has 2 heterocycles. The molecule has 0 aliphatic heterocycles. The van der Waals surface area contributed by atoms with Crippen molar-refractivity contribution in [2.45, 2.75) is 26.3 Å². The van der Waals surface area contributed by atoms with Crippen molar-refractivity contribution in [2.24, 2.45) is 0 Å². The van der Waals surface area contributed by atoms with E-state index in [0.29, 0.717) is 17.6 Å². The normalized spacial score (nSPS) is 11.7. The Morgan fingerprint density at radius 3 is 2.75 bits per heavy atom. The number of fused-ring (bicyclic) bond motifs is 1. The average Bonchev–Trinajstić information content (AvgIpc) is 3.31. The number of hydrogen-bond acceptors (Lipinski definition) is 5. The number of tetrazole rings is 1. The molecule has 2 aromatic heterocycles. The Labute approximate surface area is 158 Å². The van der Waals surface area contributed by atoms with Crippen molar-refractivity contribution in [2.75, 3.05) is 0 Å². The molecule has 4 aromatic rings. The monoisotopic (exact) mass is 379 g/mol. The van der Waals surface area contributed by atoms with Crippen LogP contribution in [-0.4, -0.2) is 30.4 Å². The van der Waals surface area contributed by atoms with Gasteiger partial charge in [0.1, 0.15) is 0 Å². The maximum Gasteiger partial charge on any atom is 0.335 e. The van der Waals surface area contributed by atoms with Crippen LogP contribution in [0.25, 0.3) is 10.9 Å². The summed E-state index contributed by atoms with van der Waals surface area (Å²) in [5.41, 5.74) is 3.21. The highest BCUT2D eigenvalue weighted by atomic mass is 19.3. The smallest absolute Gasteiger partial charge is 0.260 e. The number of nitriles is 1. The number of nitrogens with zero attached hydrogens (tertiary/aromatic N) is 6. The zero-order valence-corrected chi connectivity index (χ0v) is 15.1. The summed E-state index contributed by atoms with van der Waals surface area (Å²) in [5, 5.41) is 26.8. The van der Waals surface area contributed by atoms with Crippen molar-refractivity contribution in [1.29, 1.82) is 5.26 Å². The molecule has 1 N–H and O–H groups in total. The van der Waals surface area contributed by atoms with Crippen LogP contribution in [0.4, 0.5) is 8.78 Å². The quantitative estimate of drug-likeness (QED) is 0.587. The molecule has 140 valence electrons. The molecule has 0 fully saturated rings. The van der Waals surface area contributed by atoms with Crippen LogP contribution in [0.2, 0.25) is 0 Å². The van der Waals surface area contributed by atoms with Crippen LogP contribution in [0.5, 0.6) is 0 Å². The lowest BCUT2D eigenvalue weighted by Crippen LogP contribution is -2.17. The molecular weight excluding hydrogens is 364 g/mol. The van der Waals surface area contributed by atoms with Crippen LogP contribution < -0.4 is 0 Å². The van der Waals surface area contributed by atoms with Crippen LogP contribution in [0.15, 0.2) is 36.4 Å². The third-order valence-corrected chi connectivity index (χ3v) is 4.72. The number of aromatic nitrogens is 6. The lowest BCUT2D eigenvalue weighted by atomic mass is 10.0. The van der Waals surface area contributed by atoms with Crippen molar-refractivity contribution < 1.29 is 8.78 Å². The van der Waals surface area contributed by atoms with Crippen molar-refractivity contribution in [3.63, 3.8) is 0 Å². The number of alkyl halides is 2. The number of nitrogens with one attached hydrogen (secondary N) is 1. The van der Waals surface area contributed by atoms with Crippen LogP contribution in [-0.2, 0) is 12.5 Å². The maximum atomic E-state index is 14.7. The summed E-state index contributed by atoms with van der Waals surface area (Å²) in [5.74, 6) is -4.09. The van der Waals surface area contributed by atoms with Gasteiger partial charge in [0.15, 0.2) is 0 Å². The second kappa shape index (κ2) is 6.49. The number of halogens is 2. The minimum Gasteiger partial charge on any atom is -0.260 e. The van der Waals surface area contributed by atoms with Crippen LogP contribution >= 0.6 is 0 Å². The summed E-state index contributed by atoms with van der Waals surface area (Å²) in [7, 11) is 0. The van der Waals surface area contributed by atoms with E-state index in [-0.39, 0.29) is 5.56 Å². The van der Waals surface area contributed by atoms with Gasteiger partial charge in [0.2, 0.25) is 5.82 Å². The maximum absolute atomic E-state index is 14.7. The largest absolute Gasteiger partial charge is 0.335 e. The molecule has 7 nitrogen and oxygen atoms in total. The average molecular weight is 379 g/mol. The summed E-state index contributed by atoms with van der Waals surface area (Å²) < 4.78 is 31.1. The first kappa shape index (κ1) is 17.7. The van der Waals surface area contributed by atoms with Crippen LogP contribution in [0.3, 0.4) is 0 Å². The number of H-pyrrole nitrogens is 1. The molecule has 4 rings (SSSR count). The highest BCUT2D eigenvalue weighted by Crippen LogP contribution is 2.35. The van der Waals surface area contributed by atoms with E-state index >= 15 is 0 Å². The Hall–Kier alpha value is -3.67. The predicted molar refractivity (Wildman–Crippen MR) is 96.6 cm³/mol. The van der Waals surface area contributed by atoms with Gasteiger partial charge in [-0.1, -0.05) is 30.3 Å². The molecule has 0 aliphatic rings. The molecule has 0 unspecified atom stereocenters. The van der Waals surface area contributed by atoms with Gasteiger partial charge in [0.05, 0.1) is 29.4 Å². The van der Waals surface area contributed by atoms with E-state index in [1.165, 1.54) is 12.1 Å². The van der Waals surface area contributed by atoms with Crippen molar-refractivity contribution in [3.8, 4) is 6.07 Å². The molecule has 0 saturated carbocycles. The minimum atomic E-state index is -3.40. The lowest BCUT2D eigenvalue weighted by Gasteiger charge is -2.13.